The molecule has 16 heteroatoms. The molecule has 1 aromatic rings. The fourth-order valence-corrected chi connectivity index (χ4v) is 1.77. The summed E-state index contributed by atoms with van der Waals surface area (Å²) in [5, 5.41) is 10.4. The van der Waals surface area contributed by atoms with Crippen molar-refractivity contribution in [1.82, 2.24) is 0 Å². The molecule has 0 saturated carbocycles. The van der Waals surface area contributed by atoms with Crippen molar-refractivity contribution in [2.24, 2.45) is 0 Å². The maximum absolute atomic E-state index is 13.7. The van der Waals surface area contributed by atoms with E-state index < -0.39 is 52.9 Å². The molecule has 2 nitrogen and oxygen atoms in total. The van der Waals surface area contributed by atoms with Gasteiger partial charge in [-0.25, -0.2) is 0 Å². The summed E-state index contributed by atoms with van der Waals surface area (Å²) < 4.78 is 168. The van der Waals surface area contributed by atoms with Gasteiger partial charge in [-0.05, 0) is 5.56 Å². The van der Waals surface area contributed by atoms with Crippen molar-refractivity contribution >= 4 is 5.97 Å². The van der Waals surface area contributed by atoms with E-state index in [2.05, 4.69) is 0 Å². The van der Waals surface area contributed by atoms with E-state index in [1.807, 2.05) is 0 Å². The average Bonchev–Trinajstić information content (AvgIpc) is 2.53. The second-order valence-corrected chi connectivity index (χ2v) is 5.23. The molecule has 1 aromatic carbocycles. The molecule has 0 bridgehead atoms. The molecule has 0 fully saturated rings. The summed E-state index contributed by atoms with van der Waals surface area (Å²) in [6.45, 7) is 0. The number of hydrogen-bond acceptors (Lipinski definition) is 2. The van der Waals surface area contributed by atoms with E-state index in [4.69, 9.17) is 0 Å². The Kier molecular flexibility index (Phi) is 7.47. The van der Waals surface area contributed by atoms with Crippen LogP contribution in [0, 0.1) is 0 Å². The van der Waals surface area contributed by atoms with Gasteiger partial charge in [-0.3, -0.25) is 0 Å². The topological polar surface area (TPSA) is 40.1 Å². The molecule has 0 unspecified atom stereocenters. The van der Waals surface area contributed by atoms with Crippen molar-refractivity contribution in [3.05, 3.63) is 35.4 Å². The minimum absolute atomic E-state index is 0. The normalized spacial score (nSPS) is 14.4. The summed E-state index contributed by atoms with van der Waals surface area (Å²) in [5.41, 5.74) is -3.23. The van der Waals surface area contributed by atoms with Gasteiger partial charge in [0.15, 0.2) is 0 Å². The van der Waals surface area contributed by atoms with Crippen LogP contribution in [0.2, 0.25) is 0 Å². The van der Waals surface area contributed by atoms with Crippen LogP contribution in [-0.4, -0.2) is 35.8 Å². The van der Waals surface area contributed by atoms with Gasteiger partial charge in [-0.1, -0.05) is 24.3 Å². The van der Waals surface area contributed by atoms with Gasteiger partial charge < -0.3 is 9.90 Å². The molecule has 1 rings (SSSR count). The predicted molar refractivity (Wildman–Crippen MR) is 60.5 cm³/mol. The molecule has 0 radical (unpaired) electrons. The second kappa shape index (κ2) is 7.80. The molecule has 0 heterocycles. The van der Waals surface area contributed by atoms with E-state index in [1.165, 1.54) is 0 Å². The van der Waals surface area contributed by atoms with Gasteiger partial charge in [0.05, 0.1) is 5.97 Å². The minimum Gasteiger partial charge on any atom is -0.545 e. The van der Waals surface area contributed by atoms with Crippen molar-refractivity contribution < 1.29 is 96.5 Å². The van der Waals surface area contributed by atoms with E-state index in [0.29, 0.717) is 0 Å². The van der Waals surface area contributed by atoms with E-state index in [0.717, 1.165) is 0 Å². The fraction of sp³-hybridized carbons (Fsp3) is 0.462. The number of rotatable bonds is 6. The first-order chi connectivity index (χ1) is 12.2. The number of aromatic carboxylic acids is 1. The second-order valence-electron chi connectivity index (χ2n) is 5.23. The maximum Gasteiger partial charge on any atom is 1.00 e. The third-order valence-corrected chi connectivity index (χ3v) is 3.42. The van der Waals surface area contributed by atoms with Crippen LogP contribution in [0.4, 0.5) is 57.1 Å². The molecule has 29 heavy (non-hydrogen) atoms. The third-order valence-electron chi connectivity index (χ3n) is 3.42. The van der Waals surface area contributed by atoms with Crippen LogP contribution >= 0.6 is 0 Å². The van der Waals surface area contributed by atoms with Gasteiger partial charge in [0, 0.05) is 5.56 Å². The number of alkyl halides is 13. The van der Waals surface area contributed by atoms with Gasteiger partial charge in [-0.15, -0.1) is 0 Å². The molecule has 0 amide bonds. The Morgan fingerprint density at radius 1 is 0.621 bits per heavy atom. The van der Waals surface area contributed by atoms with Gasteiger partial charge in [0.25, 0.3) is 0 Å². The van der Waals surface area contributed by atoms with E-state index in [1.54, 1.807) is 0 Å². The Morgan fingerprint density at radius 3 is 1.28 bits per heavy atom. The largest absolute Gasteiger partial charge is 1.00 e. The predicted octanol–water partition coefficient (Wildman–Crippen LogP) is 1.25. The van der Waals surface area contributed by atoms with Crippen LogP contribution in [-0.2, 0) is 5.92 Å². The Labute approximate surface area is 174 Å². The first-order valence-corrected chi connectivity index (χ1v) is 6.44. The zero-order chi connectivity index (χ0) is 22.6. The summed E-state index contributed by atoms with van der Waals surface area (Å²) in [5.74, 6) is -39.6. The maximum atomic E-state index is 13.7. The first-order valence-electron chi connectivity index (χ1n) is 6.44. The molecule has 0 aliphatic rings. The van der Waals surface area contributed by atoms with Crippen LogP contribution in [0.5, 0.6) is 0 Å². The van der Waals surface area contributed by atoms with Gasteiger partial charge >= 0.3 is 65.3 Å². The van der Waals surface area contributed by atoms with Crippen molar-refractivity contribution in [3.8, 4) is 0 Å². The molecule has 0 spiro atoms. The molecule has 0 aliphatic heterocycles. The van der Waals surface area contributed by atoms with Crippen molar-refractivity contribution in [2.45, 2.75) is 35.8 Å². The Hall–Kier alpha value is -1.22. The van der Waals surface area contributed by atoms with Crippen LogP contribution in [0.15, 0.2) is 24.3 Å². The van der Waals surface area contributed by atoms with E-state index in [9.17, 15) is 67.0 Å². The smallest absolute Gasteiger partial charge is 0.545 e. The summed E-state index contributed by atoms with van der Waals surface area (Å²) >= 11 is 0. The first kappa shape index (κ1) is 27.8. The Morgan fingerprint density at radius 2 is 0.966 bits per heavy atom. The number of carbonyl (C=O) groups is 1. The SMILES string of the molecule is O=C([O-])c1ccc(C(F)(F)C(F)(F)C(F)(F)C(F)(F)C(F)(F)C(F)(F)F)cc1.[Na+]. The molecule has 160 valence electrons. The Bertz CT molecular complexity index is 740. The van der Waals surface area contributed by atoms with Gasteiger partial charge in [0.2, 0.25) is 0 Å². The molecular formula is C13H4F13NaO2. The third kappa shape index (κ3) is 4.04. The zero-order valence-electron chi connectivity index (χ0n) is 13.5. The quantitative estimate of drug-likeness (QED) is 0.472. The summed E-state index contributed by atoms with van der Waals surface area (Å²) in [6, 6.07) is -0.352. The fourth-order valence-electron chi connectivity index (χ4n) is 1.77. The molecule has 0 aliphatic carbocycles. The summed E-state index contributed by atoms with van der Waals surface area (Å²) in [7, 11) is 0. The number of hydrogen-bond donors (Lipinski definition) is 0. The van der Waals surface area contributed by atoms with E-state index >= 15 is 0 Å². The molecule has 0 N–H and O–H groups in total. The van der Waals surface area contributed by atoms with Crippen molar-refractivity contribution in [2.75, 3.05) is 0 Å². The molecule has 0 atom stereocenters. The molecule has 0 saturated heterocycles. The number of carbonyl (C=O) groups excluding carboxylic acids is 1. The molecule has 0 aromatic heterocycles. The standard InChI is InChI=1S/C13H5F13O2.Na/c14-8(15,6-3-1-5(2-4-6)7(27)28)9(16,17)10(18,19)11(20,21)12(22,23)13(24,25)26;/h1-4H,(H,27,28);/q;+1/p-1. The summed E-state index contributed by atoms with van der Waals surface area (Å²) in [4.78, 5) is 10.4. The number of benzene rings is 1. The van der Waals surface area contributed by atoms with Gasteiger partial charge in [0.1, 0.15) is 0 Å². The zero-order valence-corrected chi connectivity index (χ0v) is 15.5. The Balaban J connectivity index is 0.00000784. The minimum atomic E-state index is -7.99. The monoisotopic (exact) mass is 462 g/mol. The number of halogens is 13. The van der Waals surface area contributed by atoms with Crippen LogP contribution < -0.4 is 34.7 Å². The van der Waals surface area contributed by atoms with Crippen molar-refractivity contribution in [1.29, 1.82) is 0 Å². The number of carboxylic acids is 1. The van der Waals surface area contributed by atoms with Crippen LogP contribution in [0.25, 0.3) is 0 Å². The van der Waals surface area contributed by atoms with Crippen LogP contribution in [0.3, 0.4) is 0 Å². The average molecular weight is 462 g/mol. The molecular weight excluding hydrogens is 458 g/mol. The van der Waals surface area contributed by atoms with Crippen LogP contribution in [0.1, 0.15) is 15.9 Å². The van der Waals surface area contributed by atoms with E-state index in [-0.39, 0.29) is 53.8 Å². The van der Waals surface area contributed by atoms with Crippen molar-refractivity contribution in [3.63, 3.8) is 0 Å². The summed E-state index contributed by atoms with van der Waals surface area (Å²) in [6.07, 6.45) is -7.48. The van der Waals surface area contributed by atoms with Gasteiger partial charge in [-0.2, -0.15) is 57.1 Å². The number of carboxylic acid groups (broad SMARTS) is 1.